The van der Waals surface area contributed by atoms with Gasteiger partial charge in [-0.15, -0.1) is 5.10 Å². The number of primary amides is 1. The predicted octanol–water partition coefficient (Wildman–Crippen LogP) is -2.32. The van der Waals surface area contributed by atoms with Crippen molar-refractivity contribution in [3.8, 4) is 0 Å². The monoisotopic (exact) mass is 270 g/mol. The zero-order valence-corrected chi connectivity index (χ0v) is 10.2. The fourth-order valence-corrected chi connectivity index (χ4v) is 1.24. The Balaban J connectivity index is 2.57. The number of nitrogens with zero attached hydrogens (tertiary/aromatic N) is 4. The molecule has 0 aliphatic carbocycles. The van der Waals surface area contributed by atoms with Crippen LogP contribution in [0.25, 0.3) is 0 Å². The predicted molar refractivity (Wildman–Crippen MR) is 60.6 cm³/mol. The van der Waals surface area contributed by atoms with E-state index < -0.39 is 23.8 Å². The molecule has 19 heavy (non-hydrogen) atoms. The van der Waals surface area contributed by atoms with Crippen molar-refractivity contribution in [2.45, 2.75) is 32.4 Å². The minimum Gasteiger partial charge on any atom is -0.480 e. The fourth-order valence-electron chi connectivity index (χ4n) is 1.24. The molecular formula is C9H14N6O4. The fraction of sp³-hybridized carbons (Fsp3) is 0.556. The molecule has 1 heterocycles. The lowest BCUT2D eigenvalue weighted by Gasteiger charge is -2.08. The van der Waals surface area contributed by atoms with Gasteiger partial charge in [0.25, 0.3) is 0 Å². The van der Waals surface area contributed by atoms with E-state index in [2.05, 4.69) is 20.8 Å². The molecule has 1 aromatic heterocycles. The van der Waals surface area contributed by atoms with Crippen molar-refractivity contribution in [1.82, 2.24) is 25.5 Å². The first-order valence-corrected chi connectivity index (χ1v) is 5.45. The number of rotatable bonds is 7. The quantitative estimate of drug-likeness (QED) is 0.502. The van der Waals surface area contributed by atoms with E-state index >= 15 is 0 Å². The van der Waals surface area contributed by atoms with Crippen LogP contribution in [0.1, 0.15) is 19.2 Å². The van der Waals surface area contributed by atoms with Gasteiger partial charge in [-0.2, -0.15) is 0 Å². The molecule has 1 aromatic rings. The number of aliphatic carboxylic acids is 1. The van der Waals surface area contributed by atoms with Gasteiger partial charge in [-0.25, -0.2) is 4.68 Å². The van der Waals surface area contributed by atoms with Crippen LogP contribution in [0.4, 0.5) is 0 Å². The number of tetrazole rings is 1. The van der Waals surface area contributed by atoms with Crippen molar-refractivity contribution in [3.63, 3.8) is 0 Å². The van der Waals surface area contributed by atoms with Gasteiger partial charge in [0.1, 0.15) is 6.04 Å². The third kappa shape index (κ3) is 4.69. The number of carbonyl (C=O) groups is 3. The van der Waals surface area contributed by atoms with Gasteiger partial charge in [-0.05, 0) is 17.4 Å². The lowest BCUT2D eigenvalue weighted by molar-refractivity contribution is -0.141. The Morgan fingerprint density at radius 3 is 2.74 bits per heavy atom. The smallest absolute Gasteiger partial charge is 0.325 e. The molecule has 1 atom stereocenters. The van der Waals surface area contributed by atoms with Gasteiger partial charge >= 0.3 is 5.97 Å². The highest BCUT2D eigenvalue weighted by atomic mass is 16.4. The van der Waals surface area contributed by atoms with Crippen LogP contribution >= 0.6 is 0 Å². The second-order valence-corrected chi connectivity index (χ2v) is 3.84. The maximum atomic E-state index is 11.5. The minimum absolute atomic E-state index is 0.0468. The lowest BCUT2D eigenvalue weighted by Crippen LogP contribution is -2.39. The minimum atomic E-state index is -1.14. The molecule has 0 fully saturated rings. The zero-order valence-electron chi connectivity index (χ0n) is 10.2. The number of carboxylic acid groups (broad SMARTS) is 1. The van der Waals surface area contributed by atoms with E-state index in [0.717, 1.165) is 0 Å². The van der Waals surface area contributed by atoms with Crippen molar-refractivity contribution in [2.24, 2.45) is 5.73 Å². The molecule has 2 amide bonds. The summed E-state index contributed by atoms with van der Waals surface area (Å²) < 4.78 is 1.27. The first-order valence-electron chi connectivity index (χ1n) is 5.45. The molecule has 10 nitrogen and oxygen atoms in total. The Hall–Kier alpha value is -2.52. The van der Waals surface area contributed by atoms with Gasteiger partial charge in [-0.1, -0.05) is 0 Å². The van der Waals surface area contributed by atoms with Gasteiger partial charge < -0.3 is 16.2 Å². The summed E-state index contributed by atoms with van der Waals surface area (Å²) in [7, 11) is 0. The summed E-state index contributed by atoms with van der Waals surface area (Å²) in [5, 5.41) is 21.5. The van der Waals surface area contributed by atoms with E-state index in [9.17, 15) is 14.4 Å². The molecule has 1 unspecified atom stereocenters. The molecular weight excluding hydrogens is 256 g/mol. The number of nitrogens with one attached hydrogen (secondary N) is 1. The number of carboxylic acids is 1. The van der Waals surface area contributed by atoms with Crippen LogP contribution in [0.2, 0.25) is 0 Å². The van der Waals surface area contributed by atoms with Gasteiger partial charge in [0.15, 0.2) is 5.82 Å². The van der Waals surface area contributed by atoms with Crippen molar-refractivity contribution < 1.29 is 19.5 Å². The summed E-state index contributed by atoms with van der Waals surface area (Å²) in [6, 6.07) is -0.998. The SMILES string of the molecule is CC(NC(=O)Cc1nnnn1CCC(N)=O)C(=O)O. The molecule has 0 saturated carbocycles. The largest absolute Gasteiger partial charge is 0.480 e. The molecule has 1 rings (SSSR count). The summed E-state index contributed by atoms with van der Waals surface area (Å²) in [5.41, 5.74) is 4.99. The lowest BCUT2D eigenvalue weighted by atomic mass is 10.3. The number of hydrogen-bond donors (Lipinski definition) is 3. The Morgan fingerprint density at radius 1 is 1.47 bits per heavy atom. The van der Waals surface area contributed by atoms with E-state index in [-0.39, 0.29) is 25.2 Å². The maximum absolute atomic E-state index is 11.5. The zero-order chi connectivity index (χ0) is 14.4. The molecule has 0 aromatic carbocycles. The third-order valence-electron chi connectivity index (χ3n) is 2.24. The van der Waals surface area contributed by atoms with Crippen LogP contribution in [0.3, 0.4) is 0 Å². The van der Waals surface area contributed by atoms with Gasteiger partial charge in [0.05, 0.1) is 13.0 Å². The standard InChI is InChI=1S/C9H14N6O4/c1-5(9(18)19)11-8(17)4-7-12-13-14-15(7)3-2-6(10)16/h5H,2-4H2,1H3,(H2,10,16)(H,11,17)(H,18,19). The third-order valence-corrected chi connectivity index (χ3v) is 2.24. The van der Waals surface area contributed by atoms with Crippen molar-refractivity contribution >= 4 is 17.8 Å². The maximum Gasteiger partial charge on any atom is 0.325 e. The van der Waals surface area contributed by atoms with E-state index in [1.165, 1.54) is 11.6 Å². The molecule has 0 bridgehead atoms. The number of amides is 2. The average molecular weight is 270 g/mol. The number of aromatic nitrogens is 4. The number of carbonyl (C=O) groups excluding carboxylic acids is 2. The molecule has 104 valence electrons. The summed E-state index contributed by atoms with van der Waals surface area (Å²) in [6.45, 7) is 1.51. The molecule has 0 radical (unpaired) electrons. The van der Waals surface area contributed by atoms with E-state index in [1.807, 2.05) is 0 Å². The second kappa shape index (κ2) is 6.42. The molecule has 0 aliphatic heterocycles. The van der Waals surface area contributed by atoms with Crippen LogP contribution in [-0.4, -0.2) is 49.1 Å². The van der Waals surface area contributed by atoms with Gasteiger partial charge in [0.2, 0.25) is 11.8 Å². The Labute approximate surface area is 108 Å². The first-order chi connectivity index (χ1) is 8.90. The number of hydrogen-bond acceptors (Lipinski definition) is 6. The van der Waals surface area contributed by atoms with Crippen LogP contribution in [-0.2, 0) is 27.3 Å². The highest BCUT2D eigenvalue weighted by Gasteiger charge is 2.17. The first kappa shape index (κ1) is 14.5. The Kier molecular flexibility index (Phi) is 4.92. The molecule has 4 N–H and O–H groups in total. The van der Waals surface area contributed by atoms with E-state index in [4.69, 9.17) is 10.8 Å². The Bertz CT molecular complexity index is 485. The second-order valence-electron chi connectivity index (χ2n) is 3.84. The highest BCUT2D eigenvalue weighted by molar-refractivity contribution is 5.84. The van der Waals surface area contributed by atoms with E-state index in [1.54, 1.807) is 0 Å². The molecule has 0 saturated heterocycles. The van der Waals surface area contributed by atoms with Crippen LogP contribution in [0, 0.1) is 0 Å². The molecule has 10 heteroatoms. The van der Waals surface area contributed by atoms with Crippen LogP contribution < -0.4 is 11.1 Å². The summed E-state index contributed by atoms with van der Waals surface area (Å²) in [4.78, 5) is 32.8. The number of nitrogens with two attached hydrogens (primary N) is 1. The van der Waals surface area contributed by atoms with Crippen LogP contribution in [0.15, 0.2) is 0 Å². The van der Waals surface area contributed by atoms with Crippen molar-refractivity contribution in [3.05, 3.63) is 5.82 Å². The van der Waals surface area contributed by atoms with Crippen molar-refractivity contribution in [2.75, 3.05) is 0 Å². The summed E-state index contributed by atoms with van der Waals surface area (Å²) in [6.07, 6.45) is -0.130. The summed E-state index contributed by atoms with van der Waals surface area (Å²) in [5.74, 6) is -1.94. The van der Waals surface area contributed by atoms with Gasteiger partial charge in [0, 0.05) is 6.42 Å². The number of aryl methyl sites for hydroxylation is 1. The van der Waals surface area contributed by atoms with E-state index in [0.29, 0.717) is 0 Å². The topological polar surface area (TPSA) is 153 Å². The Morgan fingerprint density at radius 2 is 2.16 bits per heavy atom. The molecule has 0 spiro atoms. The highest BCUT2D eigenvalue weighted by Crippen LogP contribution is 1.96. The molecule has 0 aliphatic rings. The summed E-state index contributed by atoms with van der Waals surface area (Å²) >= 11 is 0. The van der Waals surface area contributed by atoms with Crippen LogP contribution in [0.5, 0.6) is 0 Å². The van der Waals surface area contributed by atoms with Crippen molar-refractivity contribution in [1.29, 1.82) is 0 Å². The average Bonchev–Trinajstić information content (AvgIpc) is 2.73. The normalized spacial score (nSPS) is 11.8. The van der Waals surface area contributed by atoms with Gasteiger partial charge in [-0.3, -0.25) is 14.4 Å².